The summed E-state index contributed by atoms with van der Waals surface area (Å²) in [7, 11) is 1.31. The van der Waals surface area contributed by atoms with Gasteiger partial charge in [-0.1, -0.05) is 30.3 Å². The van der Waals surface area contributed by atoms with Crippen LogP contribution in [0.2, 0.25) is 0 Å². The van der Waals surface area contributed by atoms with Crippen LogP contribution >= 0.6 is 0 Å². The Kier molecular flexibility index (Phi) is 7.15. The van der Waals surface area contributed by atoms with E-state index < -0.39 is 30.1 Å². The van der Waals surface area contributed by atoms with Crippen molar-refractivity contribution >= 4 is 17.8 Å². The number of carbonyl (C=O) groups excluding carboxylic acids is 2. The van der Waals surface area contributed by atoms with Crippen LogP contribution in [0.25, 0.3) is 0 Å². The van der Waals surface area contributed by atoms with E-state index in [9.17, 15) is 19.5 Å². The molecule has 0 unspecified atom stereocenters. The maximum Gasteiger partial charge on any atom is 0.326 e. The average molecular weight is 362 g/mol. The molecule has 1 fully saturated rings. The number of carboxylic acid groups (broad SMARTS) is 1. The van der Waals surface area contributed by atoms with E-state index in [0.717, 1.165) is 5.56 Å². The Morgan fingerprint density at radius 3 is 2.62 bits per heavy atom. The summed E-state index contributed by atoms with van der Waals surface area (Å²) in [6.45, 7) is 2.08. The molecule has 0 spiro atoms. The summed E-state index contributed by atoms with van der Waals surface area (Å²) in [6.07, 6.45) is 2.28. The quantitative estimate of drug-likeness (QED) is 0.675. The molecule has 1 aliphatic heterocycles. The highest BCUT2D eigenvalue weighted by molar-refractivity contribution is 5.88. The molecule has 1 aromatic rings. The zero-order valence-electron chi connectivity index (χ0n) is 15.2. The molecule has 3 atom stereocenters. The van der Waals surface area contributed by atoms with Crippen LogP contribution in [0, 0.1) is 0 Å². The molecule has 2 N–H and O–H groups in total. The number of methoxy groups -OCH3 is 1. The van der Waals surface area contributed by atoms with Crippen LogP contribution in [-0.4, -0.2) is 59.6 Å². The molecular weight excluding hydrogens is 336 g/mol. The highest BCUT2D eigenvalue weighted by Crippen LogP contribution is 2.19. The number of carbonyl (C=O) groups is 3. The van der Waals surface area contributed by atoms with Crippen LogP contribution in [-0.2, 0) is 25.5 Å². The molecule has 7 nitrogen and oxygen atoms in total. The van der Waals surface area contributed by atoms with Gasteiger partial charge in [-0.25, -0.2) is 4.79 Å². The fourth-order valence-electron chi connectivity index (χ4n) is 3.28. The van der Waals surface area contributed by atoms with Crippen LogP contribution in [0.15, 0.2) is 30.3 Å². The number of hydrogen-bond donors (Lipinski definition) is 2. The van der Waals surface area contributed by atoms with E-state index in [4.69, 9.17) is 4.74 Å². The van der Waals surface area contributed by atoms with Crippen LogP contribution < -0.4 is 5.32 Å². The molecule has 0 aliphatic carbocycles. The molecule has 1 saturated heterocycles. The van der Waals surface area contributed by atoms with E-state index >= 15 is 0 Å². The molecule has 7 heteroatoms. The zero-order valence-corrected chi connectivity index (χ0v) is 15.2. The Bertz CT molecular complexity index is 634. The number of benzene rings is 1. The lowest BCUT2D eigenvalue weighted by Crippen LogP contribution is -2.53. The fraction of sp³-hybridized carbons (Fsp3) is 0.526. The number of aliphatic carboxylic acids is 1. The fourth-order valence-corrected chi connectivity index (χ4v) is 3.28. The van der Waals surface area contributed by atoms with Crippen molar-refractivity contribution < 1.29 is 24.2 Å². The van der Waals surface area contributed by atoms with Gasteiger partial charge in [0.1, 0.15) is 12.1 Å². The molecule has 0 aromatic heterocycles. The minimum atomic E-state index is -0.989. The van der Waals surface area contributed by atoms with Gasteiger partial charge in [0, 0.05) is 6.54 Å². The van der Waals surface area contributed by atoms with Gasteiger partial charge >= 0.3 is 11.9 Å². The number of carboxylic acids is 1. The van der Waals surface area contributed by atoms with Crippen molar-refractivity contribution in [3.05, 3.63) is 35.9 Å². The first-order valence-electron chi connectivity index (χ1n) is 8.85. The predicted octanol–water partition coefficient (Wildman–Crippen LogP) is 1.21. The summed E-state index contributed by atoms with van der Waals surface area (Å²) >= 11 is 0. The van der Waals surface area contributed by atoms with Crippen LogP contribution in [0.4, 0.5) is 0 Å². The molecule has 1 amide bonds. The van der Waals surface area contributed by atoms with Gasteiger partial charge in [-0.15, -0.1) is 0 Å². The molecule has 1 aromatic carbocycles. The first-order valence-corrected chi connectivity index (χ1v) is 8.85. The molecule has 0 saturated carbocycles. The van der Waals surface area contributed by atoms with Gasteiger partial charge in [-0.2, -0.15) is 0 Å². The molecular formula is C19H26N2O5. The van der Waals surface area contributed by atoms with Crippen LogP contribution in [0.5, 0.6) is 0 Å². The molecule has 2 rings (SSSR count). The standard InChI is InChI=1S/C19H26N2O5/c1-13(17(22)21-12-6-9-16(21)18(23)24)20-15(19(25)26-2)11-10-14-7-4-3-5-8-14/h3-5,7-8,13,15-16,20H,6,9-12H2,1-2H3,(H,23,24)/t13-,15-,16-/m0/s1. The summed E-state index contributed by atoms with van der Waals surface area (Å²) in [5, 5.41) is 12.3. The van der Waals surface area contributed by atoms with Gasteiger partial charge < -0.3 is 14.7 Å². The number of esters is 1. The number of hydrogen-bond acceptors (Lipinski definition) is 5. The molecule has 142 valence electrons. The number of nitrogens with zero attached hydrogens (tertiary/aromatic N) is 1. The summed E-state index contributed by atoms with van der Waals surface area (Å²) in [6, 6.07) is 7.65. The van der Waals surface area contributed by atoms with Gasteiger partial charge in [0.15, 0.2) is 0 Å². The topological polar surface area (TPSA) is 95.9 Å². The monoisotopic (exact) mass is 362 g/mol. The van der Waals surface area contributed by atoms with E-state index in [0.29, 0.717) is 32.2 Å². The van der Waals surface area contributed by atoms with Gasteiger partial charge in [0.2, 0.25) is 5.91 Å². The summed E-state index contributed by atoms with van der Waals surface area (Å²) < 4.78 is 4.85. The lowest BCUT2D eigenvalue weighted by molar-refractivity contribution is -0.150. The summed E-state index contributed by atoms with van der Waals surface area (Å²) in [5.41, 5.74) is 1.09. The summed E-state index contributed by atoms with van der Waals surface area (Å²) in [4.78, 5) is 37.4. The van der Waals surface area contributed by atoms with Crippen molar-refractivity contribution in [2.75, 3.05) is 13.7 Å². The van der Waals surface area contributed by atoms with Crippen molar-refractivity contribution in [3.63, 3.8) is 0 Å². The SMILES string of the molecule is COC(=O)[C@H](CCc1ccccc1)N[C@@H](C)C(=O)N1CCC[C@H]1C(=O)O. The Morgan fingerprint density at radius 2 is 2.00 bits per heavy atom. The average Bonchev–Trinajstić information content (AvgIpc) is 3.14. The number of amides is 1. The molecule has 26 heavy (non-hydrogen) atoms. The molecule has 0 bridgehead atoms. The zero-order chi connectivity index (χ0) is 19.1. The lowest BCUT2D eigenvalue weighted by atomic mass is 10.0. The number of likely N-dealkylation sites (tertiary alicyclic amines) is 1. The molecule has 1 heterocycles. The van der Waals surface area contributed by atoms with E-state index in [2.05, 4.69) is 5.32 Å². The third-order valence-corrected chi connectivity index (χ3v) is 4.69. The largest absolute Gasteiger partial charge is 0.480 e. The van der Waals surface area contributed by atoms with Crippen molar-refractivity contribution in [1.82, 2.24) is 10.2 Å². The first-order chi connectivity index (χ1) is 12.4. The Labute approximate surface area is 153 Å². The summed E-state index contributed by atoms with van der Waals surface area (Å²) in [5.74, 6) is -1.73. The Balaban J connectivity index is 1.99. The van der Waals surface area contributed by atoms with Crippen LogP contribution in [0.1, 0.15) is 31.7 Å². The highest BCUT2D eigenvalue weighted by Gasteiger charge is 2.36. The first kappa shape index (κ1) is 19.9. The number of rotatable bonds is 8. The maximum atomic E-state index is 12.6. The second-order valence-corrected chi connectivity index (χ2v) is 6.52. The number of aryl methyl sites for hydroxylation is 1. The third kappa shape index (κ3) is 5.05. The van der Waals surface area contributed by atoms with Crippen molar-refractivity contribution in [2.45, 2.75) is 50.7 Å². The van der Waals surface area contributed by atoms with E-state index in [1.807, 2.05) is 30.3 Å². The van der Waals surface area contributed by atoms with Crippen molar-refractivity contribution in [1.29, 1.82) is 0 Å². The van der Waals surface area contributed by atoms with E-state index in [1.165, 1.54) is 12.0 Å². The van der Waals surface area contributed by atoms with Crippen molar-refractivity contribution in [3.8, 4) is 0 Å². The predicted molar refractivity (Wildman–Crippen MR) is 95.5 cm³/mol. The minimum Gasteiger partial charge on any atom is -0.480 e. The van der Waals surface area contributed by atoms with Crippen molar-refractivity contribution in [2.24, 2.45) is 0 Å². The highest BCUT2D eigenvalue weighted by atomic mass is 16.5. The number of ether oxygens (including phenoxy) is 1. The second kappa shape index (κ2) is 9.33. The number of nitrogens with one attached hydrogen (secondary N) is 1. The Morgan fingerprint density at radius 1 is 1.31 bits per heavy atom. The second-order valence-electron chi connectivity index (χ2n) is 6.52. The third-order valence-electron chi connectivity index (χ3n) is 4.69. The van der Waals surface area contributed by atoms with E-state index in [1.54, 1.807) is 6.92 Å². The van der Waals surface area contributed by atoms with Gasteiger partial charge in [-0.05, 0) is 38.2 Å². The van der Waals surface area contributed by atoms with E-state index in [-0.39, 0.29) is 5.91 Å². The van der Waals surface area contributed by atoms with Gasteiger partial charge in [0.05, 0.1) is 13.2 Å². The smallest absolute Gasteiger partial charge is 0.326 e. The van der Waals surface area contributed by atoms with Crippen LogP contribution in [0.3, 0.4) is 0 Å². The molecule has 1 aliphatic rings. The maximum absolute atomic E-state index is 12.6. The Hall–Kier alpha value is -2.41. The minimum absolute atomic E-state index is 0.302. The normalized spacial score (nSPS) is 19.0. The van der Waals surface area contributed by atoms with Gasteiger partial charge in [-0.3, -0.25) is 14.9 Å². The molecule has 0 radical (unpaired) electrons. The van der Waals surface area contributed by atoms with Gasteiger partial charge in [0.25, 0.3) is 0 Å². The lowest BCUT2D eigenvalue weighted by Gasteiger charge is -2.27.